The summed E-state index contributed by atoms with van der Waals surface area (Å²) in [5, 5.41) is 9.98. The van der Waals surface area contributed by atoms with Crippen molar-refractivity contribution < 1.29 is 14.6 Å². The Morgan fingerprint density at radius 2 is 1.87 bits per heavy atom. The zero-order chi connectivity index (χ0) is 16.8. The third-order valence-electron chi connectivity index (χ3n) is 4.41. The van der Waals surface area contributed by atoms with Crippen LogP contribution in [0, 0.1) is 0 Å². The SMILES string of the molecule is CCOc1ccc(C(CO)N2CCN(C)CC2C)cc1OCC. The minimum atomic E-state index is -0.00594. The Bertz CT molecular complexity index is 495. The van der Waals surface area contributed by atoms with E-state index in [1.54, 1.807) is 0 Å². The van der Waals surface area contributed by atoms with Gasteiger partial charge in [0, 0.05) is 25.7 Å². The quantitative estimate of drug-likeness (QED) is 0.833. The van der Waals surface area contributed by atoms with E-state index in [2.05, 4.69) is 23.8 Å². The predicted octanol–water partition coefficient (Wildman–Crippen LogP) is 2.15. The van der Waals surface area contributed by atoms with Crippen molar-refractivity contribution in [3.8, 4) is 11.5 Å². The summed E-state index contributed by atoms with van der Waals surface area (Å²) < 4.78 is 11.4. The third kappa shape index (κ3) is 4.37. The lowest BCUT2D eigenvalue weighted by molar-refractivity contribution is 0.0340. The van der Waals surface area contributed by atoms with Crippen LogP contribution in [0.2, 0.25) is 0 Å². The van der Waals surface area contributed by atoms with Gasteiger partial charge in [-0.1, -0.05) is 6.07 Å². The molecule has 1 fully saturated rings. The van der Waals surface area contributed by atoms with Crippen molar-refractivity contribution in [2.24, 2.45) is 0 Å². The van der Waals surface area contributed by atoms with Gasteiger partial charge in [-0.05, 0) is 45.5 Å². The maximum absolute atomic E-state index is 9.98. The van der Waals surface area contributed by atoms with Crippen LogP contribution in [0.5, 0.6) is 11.5 Å². The molecule has 23 heavy (non-hydrogen) atoms. The van der Waals surface area contributed by atoms with Crippen molar-refractivity contribution in [3.05, 3.63) is 23.8 Å². The molecule has 130 valence electrons. The van der Waals surface area contributed by atoms with Gasteiger partial charge in [0.15, 0.2) is 11.5 Å². The summed E-state index contributed by atoms with van der Waals surface area (Å²) >= 11 is 0. The van der Waals surface area contributed by atoms with Crippen LogP contribution in [0.1, 0.15) is 32.4 Å². The maximum Gasteiger partial charge on any atom is 0.161 e. The number of piperazine rings is 1. The van der Waals surface area contributed by atoms with Gasteiger partial charge in [0.05, 0.1) is 25.9 Å². The Morgan fingerprint density at radius 3 is 2.48 bits per heavy atom. The molecule has 0 saturated carbocycles. The molecular weight excluding hydrogens is 292 g/mol. The van der Waals surface area contributed by atoms with Gasteiger partial charge in [0.1, 0.15) is 0 Å². The van der Waals surface area contributed by atoms with Crippen molar-refractivity contribution in [3.63, 3.8) is 0 Å². The van der Waals surface area contributed by atoms with Crippen LogP contribution >= 0.6 is 0 Å². The molecule has 0 amide bonds. The Balaban J connectivity index is 2.24. The second kappa shape index (κ2) is 8.52. The first-order valence-corrected chi connectivity index (χ1v) is 8.55. The molecule has 5 heteroatoms. The van der Waals surface area contributed by atoms with E-state index in [-0.39, 0.29) is 12.6 Å². The minimum absolute atomic E-state index is 0.00594. The average Bonchev–Trinajstić information content (AvgIpc) is 2.53. The summed E-state index contributed by atoms with van der Waals surface area (Å²) in [6, 6.07) is 6.41. The molecule has 0 bridgehead atoms. The van der Waals surface area contributed by atoms with Crippen LogP contribution in [0.25, 0.3) is 0 Å². The number of likely N-dealkylation sites (N-methyl/N-ethyl adjacent to an activating group) is 1. The second-order valence-electron chi connectivity index (χ2n) is 6.12. The summed E-state index contributed by atoms with van der Waals surface area (Å²) in [6.07, 6.45) is 0. The van der Waals surface area contributed by atoms with Crippen molar-refractivity contribution in [2.45, 2.75) is 32.9 Å². The van der Waals surface area contributed by atoms with Gasteiger partial charge in [0.2, 0.25) is 0 Å². The summed E-state index contributed by atoms with van der Waals surface area (Å²) in [5.41, 5.74) is 1.08. The lowest BCUT2D eigenvalue weighted by atomic mass is 10.0. The van der Waals surface area contributed by atoms with Crippen LogP contribution in [-0.2, 0) is 0 Å². The highest BCUT2D eigenvalue weighted by atomic mass is 16.5. The standard InChI is InChI=1S/C18H30N2O3/c1-5-22-17-8-7-15(11-18(17)23-6-2)16(13-21)20-10-9-19(4)12-14(20)3/h7-8,11,14,16,21H,5-6,9-10,12-13H2,1-4H3. The number of aliphatic hydroxyl groups excluding tert-OH is 1. The van der Waals surface area contributed by atoms with Gasteiger partial charge in [-0.25, -0.2) is 0 Å². The van der Waals surface area contributed by atoms with E-state index in [1.165, 1.54) is 0 Å². The summed E-state index contributed by atoms with van der Waals surface area (Å²) in [5.74, 6) is 1.52. The van der Waals surface area contributed by atoms with E-state index < -0.39 is 0 Å². The molecule has 2 rings (SSSR count). The number of rotatable bonds is 7. The summed E-state index contributed by atoms with van der Waals surface area (Å²) in [4.78, 5) is 4.71. The Kier molecular flexibility index (Phi) is 6.69. The van der Waals surface area contributed by atoms with Crippen LogP contribution in [0.15, 0.2) is 18.2 Å². The van der Waals surface area contributed by atoms with Gasteiger partial charge in [0.25, 0.3) is 0 Å². The van der Waals surface area contributed by atoms with Gasteiger partial charge >= 0.3 is 0 Å². The highest BCUT2D eigenvalue weighted by molar-refractivity contribution is 5.44. The molecule has 1 heterocycles. The lowest BCUT2D eigenvalue weighted by Crippen LogP contribution is -2.52. The Morgan fingerprint density at radius 1 is 1.17 bits per heavy atom. The average molecular weight is 322 g/mol. The third-order valence-corrected chi connectivity index (χ3v) is 4.41. The number of benzene rings is 1. The van der Waals surface area contributed by atoms with Crippen molar-refractivity contribution >= 4 is 0 Å². The van der Waals surface area contributed by atoms with Crippen LogP contribution in [-0.4, -0.2) is 67.5 Å². The number of hydrogen-bond donors (Lipinski definition) is 1. The molecule has 1 aliphatic heterocycles. The molecule has 0 spiro atoms. The summed E-state index contributed by atoms with van der Waals surface area (Å²) in [6.45, 7) is 10.5. The van der Waals surface area contributed by atoms with E-state index >= 15 is 0 Å². The van der Waals surface area contributed by atoms with Gasteiger partial charge in [-0.15, -0.1) is 0 Å². The number of ether oxygens (including phenoxy) is 2. The van der Waals surface area contributed by atoms with E-state index in [1.807, 2.05) is 32.0 Å². The monoisotopic (exact) mass is 322 g/mol. The fourth-order valence-electron chi connectivity index (χ4n) is 3.29. The smallest absolute Gasteiger partial charge is 0.161 e. The van der Waals surface area contributed by atoms with Gasteiger partial charge in [-0.2, -0.15) is 0 Å². The van der Waals surface area contributed by atoms with E-state index in [4.69, 9.17) is 9.47 Å². The first kappa shape index (κ1) is 18.0. The number of nitrogens with zero attached hydrogens (tertiary/aromatic N) is 2. The number of aliphatic hydroxyl groups is 1. The Labute approximate surface area is 139 Å². The molecule has 1 aromatic carbocycles. The van der Waals surface area contributed by atoms with Crippen LogP contribution < -0.4 is 9.47 Å². The topological polar surface area (TPSA) is 45.2 Å². The normalized spacial score (nSPS) is 21.2. The molecule has 5 nitrogen and oxygen atoms in total. The second-order valence-corrected chi connectivity index (χ2v) is 6.12. The highest BCUT2D eigenvalue weighted by Gasteiger charge is 2.29. The zero-order valence-electron chi connectivity index (χ0n) is 14.8. The number of hydrogen-bond acceptors (Lipinski definition) is 5. The highest BCUT2D eigenvalue weighted by Crippen LogP contribution is 2.33. The van der Waals surface area contributed by atoms with E-state index in [9.17, 15) is 5.11 Å². The molecule has 2 atom stereocenters. The summed E-state index contributed by atoms with van der Waals surface area (Å²) in [7, 11) is 2.14. The van der Waals surface area contributed by atoms with Crippen molar-refractivity contribution in [1.29, 1.82) is 0 Å². The molecule has 1 aromatic rings. The Hall–Kier alpha value is -1.30. The maximum atomic E-state index is 9.98. The molecular formula is C18H30N2O3. The fraction of sp³-hybridized carbons (Fsp3) is 0.667. The fourth-order valence-corrected chi connectivity index (χ4v) is 3.29. The molecule has 1 aliphatic rings. The van der Waals surface area contributed by atoms with Crippen LogP contribution in [0.4, 0.5) is 0 Å². The first-order valence-electron chi connectivity index (χ1n) is 8.55. The van der Waals surface area contributed by atoms with E-state index in [0.29, 0.717) is 19.3 Å². The van der Waals surface area contributed by atoms with Gasteiger partial charge in [-0.3, -0.25) is 4.90 Å². The molecule has 1 saturated heterocycles. The van der Waals surface area contributed by atoms with Crippen molar-refractivity contribution in [1.82, 2.24) is 9.80 Å². The lowest BCUT2D eigenvalue weighted by Gasteiger charge is -2.42. The minimum Gasteiger partial charge on any atom is -0.490 e. The van der Waals surface area contributed by atoms with Crippen LogP contribution in [0.3, 0.4) is 0 Å². The molecule has 1 N–H and O–H groups in total. The molecule has 0 aliphatic carbocycles. The first-order chi connectivity index (χ1) is 11.1. The van der Waals surface area contributed by atoms with Crippen molar-refractivity contribution in [2.75, 3.05) is 46.5 Å². The molecule has 2 unspecified atom stereocenters. The predicted molar refractivity (Wildman–Crippen MR) is 92.3 cm³/mol. The molecule has 0 aromatic heterocycles. The molecule has 0 radical (unpaired) electrons. The zero-order valence-corrected chi connectivity index (χ0v) is 14.8. The van der Waals surface area contributed by atoms with Gasteiger partial charge < -0.3 is 19.5 Å². The van der Waals surface area contributed by atoms with E-state index in [0.717, 1.165) is 36.7 Å². The largest absolute Gasteiger partial charge is 0.490 e.